The number of rotatable bonds is 10. The zero-order chi connectivity index (χ0) is 21.8. The molecule has 0 heterocycles. The van der Waals surface area contributed by atoms with Crippen molar-refractivity contribution in [1.29, 1.82) is 0 Å². The molecule has 1 amide bonds. The SMILES string of the molecule is CCCC(=O)Nc1ccc(CN=C(NCC)Nc2ccc(OCC)c(OC)c2)cc1.I. The lowest BCUT2D eigenvalue weighted by atomic mass is 10.2. The number of hydrogen-bond acceptors (Lipinski definition) is 4. The van der Waals surface area contributed by atoms with Crippen LogP contribution < -0.4 is 25.4 Å². The van der Waals surface area contributed by atoms with E-state index in [1.54, 1.807) is 7.11 Å². The van der Waals surface area contributed by atoms with Crippen molar-refractivity contribution in [2.75, 3.05) is 30.9 Å². The van der Waals surface area contributed by atoms with Crippen molar-refractivity contribution in [1.82, 2.24) is 5.32 Å². The molecule has 0 fully saturated rings. The fraction of sp³-hybridized carbons (Fsp3) is 0.391. The van der Waals surface area contributed by atoms with Crippen molar-refractivity contribution in [3.05, 3.63) is 48.0 Å². The normalized spacial score (nSPS) is 10.6. The second-order valence-corrected chi connectivity index (χ2v) is 6.61. The van der Waals surface area contributed by atoms with E-state index in [1.807, 2.05) is 63.2 Å². The van der Waals surface area contributed by atoms with E-state index in [-0.39, 0.29) is 29.9 Å². The van der Waals surface area contributed by atoms with Gasteiger partial charge in [-0.3, -0.25) is 4.79 Å². The number of hydrogen-bond donors (Lipinski definition) is 3. The second kappa shape index (κ2) is 14.5. The molecule has 0 radical (unpaired) electrons. The molecule has 0 bridgehead atoms. The van der Waals surface area contributed by atoms with Crippen molar-refractivity contribution in [3.63, 3.8) is 0 Å². The molecule has 0 aromatic heterocycles. The zero-order valence-corrected chi connectivity index (χ0v) is 21.0. The average molecular weight is 540 g/mol. The minimum absolute atomic E-state index is 0. The first kappa shape index (κ1) is 26.5. The molecule has 3 N–H and O–H groups in total. The summed E-state index contributed by atoms with van der Waals surface area (Å²) in [6.45, 7) is 7.76. The Morgan fingerprint density at radius 1 is 0.968 bits per heavy atom. The lowest BCUT2D eigenvalue weighted by molar-refractivity contribution is -0.116. The van der Waals surface area contributed by atoms with E-state index < -0.39 is 0 Å². The monoisotopic (exact) mass is 540 g/mol. The third-order valence-corrected chi connectivity index (χ3v) is 4.20. The van der Waals surface area contributed by atoms with E-state index in [0.717, 1.165) is 29.9 Å². The van der Waals surface area contributed by atoms with Gasteiger partial charge in [-0.25, -0.2) is 4.99 Å². The molecule has 0 atom stereocenters. The summed E-state index contributed by atoms with van der Waals surface area (Å²) in [6.07, 6.45) is 1.36. The summed E-state index contributed by atoms with van der Waals surface area (Å²) in [5, 5.41) is 9.42. The van der Waals surface area contributed by atoms with Crippen LogP contribution in [0.2, 0.25) is 0 Å². The standard InChI is InChI=1S/C23H32N4O3.HI/c1-5-8-22(28)26-18-11-9-17(10-12-18)16-25-23(24-6-2)27-19-13-14-20(30-7-3)21(15-19)29-4;/h9-15H,5-8,16H2,1-4H3,(H,26,28)(H2,24,25,27);1H. The van der Waals surface area contributed by atoms with Gasteiger partial charge in [-0.15, -0.1) is 24.0 Å². The molecular weight excluding hydrogens is 507 g/mol. The van der Waals surface area contributed by atoms with Crippen molar-refractivity contribution in [2.24, 2.45) is 4.99 Å². The van der Waals surface area contributed by atoms with Crippen LogP contribution in [-0.4, -0.2) is 32.1 Å². The highest BCUT2D eigenvalue weighted by Crippen LogP contribution is 2.30. The molecule has 0 saturated carbocycles. The maximum atomic E-state index is 11.7. The molecule has 7 nitrogen and oxygen atoms in total. The first-order valence-corrected chi connectivity index (χ1v) is 10.3. The number of benzene rings is 2. The van der Waals surface area contributed by atoms with E-state index in [0.29, 0.717) is 37.0 Å². The minimum atomic E-state index is 0. The number of ether oxygens (including phenoxy) is 2. The molecular formula is C23H33IN4O3. The van der Waals surface area contributed by atoms with Crippen LogP contribution in [0, 0.1) is 0 Å². The molecule has 0 spiro atoms. The van der Waals surface area contributed by atoms with Crippen LogP contribution in [0.15, 0.2) is 47.5 Å². The molecule has 8 heteroatoms. The van der Waals surface area contributed by atoms with Crippen molar-refractivity contribution < 1.29 is 14.3 Å². The zero-order valence-electron chi connectivity index (χ0n) is 18.7. The predicted octanol–water partition coefficient (Wildman–Crippen LogP) is 5.03. The Morgan fingerprint density at radius 2 is 1.68 bits per heavy atom. The lowest BCUT2D eigenvalue weighted by Gasteiger charge is -2.14. The molecule has 2 aromatic carbocycles. The van der Waals surface area contributed by atoms with E-state index in [1.165, 1.54) is 0 Å². The van der Waals surface area contributed by atoms with Crippen LogP contribution in [0.3, 0.4) is 0 Å². The van der Waals surface area contributed by atoms with Crippen LogP contribution in [0.1, 0.15) is 39.2 Å². The Labute approximate surface area is 202 Å². The first-order chi connectivity index (χ1) is 14.6. The number of nitrogens with zero attached hydrogens (tertiary/aromatic N) is 1. The topological polar surface area (TPSA) is 84.0 Å². The van der Waals surface area contributed by atoms with Gasteiger partial charge in [0.2, 0.25) is 5.91 Å². The van der Waals surface area contributed by atoms with E-state index >= 15 is 0 Å². The summed E-state index contributed by atoms with van der Waals surface area (Å²) in [5.41, 5.74) is 2.70. The molecule has 0 aliphatic heterocycles. The van der Waals surface area contributed by atoms with Gasteiger partial charge in [0.25, 0.3) is 0 Å². The quantitative estimate of drug-likeness (QED) is 0.224. The van der Waals surface area contributed by atoms with Crippen LogP contribution in [0.5, 0.6) is 11.5 Å². The van der Waals surface area contributed by atoms with Crippen LogP contribution in [-0.2, 0) is 11.3 Å². The van der Waals surface area contributed by atoms with Gasteiger partial charge >= 0.3 is 0 Å². The second-order valence-electron chi connectivity index (χ2n) is 6.61. The number of amides is 1. The highest BCUT2D eigenvalue weighted by molar-refractivity contribution is 14.0. The summed E-state index contributed by atoms with van der Waals surface area (Å²) in [5.74, 6) is 2.08. The maximum absolute atomic E-state index is 11.7. The molecule has 2 aromatic rings. The smallest absolute Gasteiger partial charge is 0.224 e. The summed E-state index contributed by atoms with van der Waals surface area (Å²) in [4.78, 5) is 16.3. The third-order valence-electron chi connectivity index (χ3n) is 4.20. The number of anilines is 2. The lowest BCUT2D eigenvalue weighted by Crippen LogP contribution is -2.30. The van der Waals surface area contributed by atoms with Crippen molar-refractivity contribution in [2.45, 2.75) is 40.2 Å². The number of methoxy groups -OCH3 is 1. The van der Waals surface area contributed by atoms with Gasteiger partial charge in [0.1, 0.15) is 0 Å². The van der Waals surface area contributed by atoms with Crippen molar-refractivity contribution >= 4 is 47.2 Å². The highest BCUT2D eigenvalue weighted by Gasteiger charge is 2.07. The van der Waals surface area contributed by atoms with Crippen LogP contribution in [0.25, 0.3) is 0 Å². The Hall–Kier alpha value is -2.49. The summed E-state index contributed by atoms with van der Waals surface area (Å²) >= 11 is 0. The van der Waals surface area contributed by atoms with Crippen molar-refractivity contribution in [3.8, 4) is 11.5 Å². The summed E-state index contributed by atoms with van der Waals surface area (Å²) in [7, 11) is 1.62. The number of nitrogens with one attached hydrogen (secondary N) is 3. The molecule has 0 saturated heterocycles. The minimum Gasteiger partial charge on any atom is -0.493 e. The van der Waals surface area contributed by atoms with E-state index in [9.17, 15) is 4.79 Å². The van der Waals surface area contributed by atoms with Gasteiger partial charge in [0.05, 0.1) is 20.3 Å². The molecule has 0 aliphatic carbocycles. The third kappa shape index (κ3) is 9.04. The van der Waals surface area contributed by atoms with E-state index in [2.05, 4.69) is 20.9 Å². The Morgan fingerprint density at radius 3 is 2.29 bits per heavy atom. The largest absolute Gasteiger partial charge is 0.493 e. The van der Waals surface area contributed by atoms with Gasteiger partial charge in [0, 0.05) is 30.4 Å². The predicted molar refractivity (Wildman–Crippen MR) is 138 cm³/mol. The fourth-order valence-corrected chi connectivity index (χ4v) is 2.78. The van der Waals surface area contributed by atoms with Gasteiger partial charge in [-0.05, 0) is 50.1 Å². The molecule has 31 heavy (non-hydrogen) atoms. The average Bonchev–Trinajstić information content (AvgIpc) is 2.74. The first-order valence-electron chi connectivity index (χ1n) is 10.3. The number of carbonyl (C=O) groups is 1. The van der Waals surface area contributed by atoms with Gasteiger partial charge in [-0.2, -0.15) is 0 Å². The molecule has 170 valence electrons. The fourth-order valence-electron chi connectivity index (χ4n) is 2.78. The van der Waals surface area contributed by atoms with E-state index in [4.69, 9.17) is 9.47 Å². The number of aliphatic imine (C=N–C) groups is 1. The summed E-state index contributed by atoms with van der Waals surface area (Å²) in [6, 6.07) is 13.4. The van der Waals surface area contributed by atoms with Gasteiger partial charge in [-0.1, -0.05) is 19.1 Å². The summed E-state index contributed by atoms with van der Waals surface area (Å²) < 4.78 is 11.0. The maximum Gasteiger partial charge on any atom is 0.224 e. The Kier molecular flexibility index (Phi) is 12.4. The van der Waals surface area contributed by atoms with Gasteiger partial charge < -0.3 is 25.4 Å². The number of guanidine groups is 1. The number of halogens is 1. The van der Waals surface area contributed by atoms with Gasteiger partial charge in [0.15, 0.2) is 17.5 Å². The Bertz CT molecular complexity index is 841. The van der Waals surface area contributed by atoms with Crippen LogP contribution in [0.4, 0.5) is 11.4 Å². The number of carbonyl (C=O) groups excluding carboxylic acids is 1. The highest BCUT2D eigenvalue weighted by atomic mass is 127. The Balaban J connectivity index is 0.00000480. The molecule has 2 rings (SSSR count). The molecule has 0 aliphatic rings. The van der Waals surface area contributed by atoms with Crippen LogP contribution >= 0.6 is 24.0 Å². The molecule has 0 unspecified atom stereocenters.